The Hall–Kier alpha value is -5.12. The van der Waals surface area contributed by atoms with E-state index < -0.39 is 5.97 Å². The Labute approximate surface area is 268 Å². The molecule has 0 unspecified atom stereocenters. The zero-order valence-electron chi connectivity index (χ0n) is 26.3. The number of carbonyl (C=O) groups excluding carboxylic acids is 1. The van der Waals surface area contributed by atoms with E-state index in [9.17, 15) is 19.5 Å². The molecule has 0 spiro atoms. The molecule has 4 aromatic rings. The van der Waals surface area contributed by atoms with Crippen LogP contribution in [0, 0.1) is 12.8 Å². The lowest BCUT2D eigenvalue weighted by atomic mass is 9.97. The molecule has 0 aliphatic carbocycles. The van der Waals surface area contributed by atoms with Crippen LogP contribution >= 0.6 is 0 Å². The van der Waals surface area contributed by atoms with E-state index in [1.54, 1.807) is 13.2 Å². The maximum Gasteiger partial charge on any atom is 0.306 e. The summed E-state index contributed by atoms with van der Waals surface area (Å²) >= 11 is 0. The molecule has 0 saturated carbocycles. The Bertz CT molecular complexity index is 1770. The van der Waals surface area contributed by atoms with Crippen LogP contribution in [0.5, 0.6) is 0 Å². The van der Waals surface area contributed by atoms with Crippen LogP contribution in [0.2, 0.25) is 0 Å². The highest BCUT2D eigenvalue weighted by Crippen LogP contribution is 2.30. The molecule has 1 aromatic heterocycles. The molecule has 3 heterocycles. The Morgan fingerprint density at radius 1 is 0.848 bits per heavy atom. The number of carbonyl (C=O) groups is 2. The second-order valence-corrected chi connectivity index (χ2v) is 12.2. The van der Waals surface area contributed by atoms with Crippen LogP contribution in [0.15, 0.2) is 77.7 Å². The van der Waals surface area contributed by atoms with Crippen LogP contribution in [-0.4, -0.2) is 52.7 Å². The van der Waals surface area contributed by atoms with Crippen molar-refractivity contribution in [3.8, 4) is 11.3 Å². The predicted molar refractivity (Wildman–Crippen MR) is 182 cm³/mol. The number of hydrogen-bond acceptors (Lipinski definition) is 7. The van der Waals surface area contributed by atoms with Gasteiger partial charge in [0.05, 0.1) is 11.6 Å². The number of amides is 1. The molecular weight excluding hydrogens is 580 g/mol. The van der Waals surface area contributed by atoms with Crippen molar-refractivity contribution in [2.24, 2.45) is 13.0 Å². The molecule has 0 atom stereocenters. The number of anilines is 5. The van der Waals surface area contributed by atoms with Crippen LogP contribution < -0.4 is 26.0 Å². The number of hydrogen-bond donors (Lipinski definition) is 3. The van der Waals surface area contributed by atoms with Crippen LogP contribution in [0.1, 0.15) is 48.0 Å². The molecule has 0 bridgehead atoms. The monoisotopic (exact) mass is 620 g/mol. The molecule has 2 aliphatic heterocycles. The van der Waals surface area contributed by atoms with Crippen molar-refractivity contribution in [3.05, 3.63) is 94.4 Å². The van der Waals surface area contributed by atoms with Crippen LogP contribution in [-0.2, 0) is 11.8 Å². The molecule has 10 nitrogen and oxygen atoms in total. The topological polar surface area (TPSA) is 120 Å². The number of aryl methyl sites for hydroxylation is 1. The lowest BCUT2D eigenvalue weighted by Crippen LogP contribution is -2.36. The molecule has 3 N–H and O–H groups in total. The molecule has 10 heteroatoms. The number of aromatic nitrogens is 2. The summed E-state index contributed by atoms with van der Waals surface area (Å²) in [5, 5.41) is 15.5. The first kappa shape index (κ1) is 30.9. The van der Waals surface area contributed by atoms with Gasteiger partial charge < -0.3 is 30.1 Å². The average Bonchev–Trinajstić information content (AvgIpc) is 3.08. The normalized spacial score (nSPS) is 15.4. The van der Waals surface area contributed by atoms with Crippen molar-refractivity contribution in [3.63, 3.8) is 0 Å². The largest absolute Gasteiger partial charge is 0.481 e. The number of benzene rings is 3. The minimum atomic E-state index is -0.726. The van der Waals surface area contributed by atoms with E-state index in [1.807, 2.05) is 73.7 Å². The van der Waals surface area contributed by atoms with Crippen LogP contribution in [0.4, 0.5) is 28.6 Å². The maximum absolute atomic E-state index is 13.2. The third kappa shape index (κ3) is 6.75. The molecule has 238 valence electrons. The fourth-order valence-corrected chi connectivity index (χ4v) is 6.31. The Morgan fingerprint density at radius 3 is 2.13 bits per heavy atom. The molecule has 0 radical (unpaired) electrons. The zero-order valence-corrected chi connectivity index (χ0v) is 26.3. The molecule has 6 rings (SSSR count). The quantitative estimate of drug-likeness (QED) is 0.218. The SMILES string of the molecule is Cc1c(NC(=O)c2ccc(N3CCCCC3)cc2)cccc1-c1cn(C)c(=O)c(Nc2ccc(N3CCC(C(=O)O)CC3)cc2)n1. The summed E-state index contributed by atoms with van der Waals surface area (Å²) in [5.41, 5.74) is 6.12. The first-order chi connectivity index (χ1) is 22.3. The van der Waals surface area contributed by atoms with Gasteiger partial charge in [-0.05, 0) is 99.2 Å². The van der Waals surface area contributed by atoms with Crippen molar-refractivity contribution in [2.45, 2.75) is 39.0 Å². The third-order valence-corrected chi connectivity index (χ3v) is 9.12. The minimum Gasteiger partial charge on any atom is -0.481 e. The van der Waals surface area contributed by atoms with Crippen molar-refractivity contribution >= 4 is 40.4 Å². The molecule has 3 aromatic carbocycles. The number of carboxylic acid groups (broad SMARTS) is 1. The third-order valence-electron chi connectivity index (χ3n) is 9.12. The van der Waals surface area contributed by atoms with Gasteiger partial charge >= 0.3 is 5.97 Å². The van der Waals surface area contributed by atoms with E-state index in [1.165, 1.54) is 23.8 Å². The van der Waals surface area contributed by atoms with Gasteiger partial charge in [0.2, 0.25) is 0 Å². The van der Waals surface area contributed by atoms with Crippen molar-refractivity contribution in [1.82, 2.24) is 9.55 Å². The van der Waals surface area contributed by atoms with Gasteiger partial charge in [0.1, 0.15) is 0 Å². The van der Waals surface area contributed by atoms with Crippen molar-refractivity contribution in [1.29, 1.82) is 0 Å². The number of piperidine rings is 2. The van der Waals surface area contributed by atoms with Gasteiger partial charge in [-0.15, -0.1) is 0 Å². The summed E-state index contributed by atoms with van der Waals surface area (Å²) in [6.45, 7) is 5.42. The summed E-state index contributed by atoms with van der Waals surface area (Å²) in [6.07, 6.45) is 6.62. The standard InChI is InChI=1S/C36H40N6O4/c1-24-30(7-6-8-31(24)39-34(43)25-9-13-28(14-10-25)41-19-4-3-5-20-41)32-23-40(2)35(44)33(38-32)37-27-11-15-29(16-12-27)42-21-17-26(18-22-42)36(45)46/h6-16,23,26H,3-5,17-22H2,1-2H3,(H,37,38)(H,39,43)(H,45,46). The van der Waals surface area contributed by atoms with Gasteiger partial charge in [0.15, 0.2) is 5.82 Å². The fourth-order valence-electron chi connectivity index (χ4n) is 6.31. The second-order valence-electron chi connectivity index (χ2n) is 12.2. The molecule has 1 amide bonds. The van der Waals surface area contributed by atoms with E-state index in [4.69, 9.17) is 4.98 Å². The highest BCUT2D eigenvalue weighted by molar-refractivity contribution is 6.05. The summed E-state index contributed by atoms with van der Waals surface area (Å²) in [5.74, 6) is -1.00. The molecular formula is C36H40N6O4. The van der Waals surface area contributed by atoms with Gasteiger partial charge in [-0.3, -0.25) is 14.4 Å². The zero-order chi connectivity index (χ0) is 32.2. The van der Waals surface area contributed by atoms with E-state index in [-0.39, 0.29) is 23.2 Å². The summed E-state index contributed by atoms with van der Waals surface area (Å²) in [7, 11) is 1.69. The van der Waals surface area contributed by atoms with E-state index >= 15 is 0 Å². The van der Waals surface area contributed by atoms with Crippen LogP contribution in [0.25, 0.3) is 11.3 Å². The Kier molecular flexibility index (Phi) is 9.05. The highest BCUT2D eigenvalue weighted by Gasteiger charge is 2.24. The van der Waals surface area contributed by atoms with Crippen LogP contribution in [0.3, 0.4) is 0 Å². The van der Waals surface area contributed by atoms with E-state index in [0.29, 0.717) is 42.9 Å². The summed E-state index contributed by atoms with van der Waals surface area (Å²) in [4.78, 5) is 46.8. The van der Waals surface area contributed by atoms with Crippen molar-refractivity contribution < 1.29 is 14.7 Å². The maximum atomic E-state index is 13.2. The first-order valence-corrected chi connectivity index (χ1v) is 16.0. The number of nitrogens with one attached hydrogen (secondary N) is 2. The Balaban J connectivity index is 1.16. The number of carboxylic acids is 1. The predicted octanol–water partition coefficient (Wildman–Crippen LogP) is 6.04. The molecule has 2 fully saturated rings. The lowest BCUT2D eigenvalue weighted by molar-refractivity contribution is -0.142. The number of aliphatic carboxylic acids is 1. The fraction of sp³-hybridized carbons (Fsp3) is 0.333. The highest BCUT2D eigenvalue weighted by atomic mass is 16.4. The molecule has 2 saturated heterocycles. The van der Waals surface area contributed by atoms with E-state index in [0.717, 1.165) is 41.3 Å². The van der Waals surface area contributed by atoms with Gasteiger partial charge in [0.25, 0.3) is 11.5 Å². The summed E-state index contributed by atoms with van der Waals surface area (Å²) in [6, 6.07) is 21.2. The number of nitrogens with zero attached hydrogens (tertiary/aromatic N) is 4. The summed E-state index contributed by atoms with van der Waals surface area (Å²) < 4.78 is 1.50. The molecule has 2 aliphatic rings. The van der Waals surface area contributed by atoms with Gasteiger partial charge in [-0.1, -0.05) is 12.1 Å². The average molecular weight is 621 g/mol. The lowest BCUT2D eigenvalue weighted by Gasteiger charge is -2.32. The van der Waals surface area contributed by atoms with Crippen molar-refractivity contribution in [2.75, 3.05) is 46.6 Å². The van der Waals surface area contributed by atoms with Gasteiger partial charge in [-0.25, -0.2) is 4.98 Å². The van der Waals surface area contributed by atoms with E-state index in [2.05, 4.69) is 20.4 Å². The Morgan fingerprint density at radius 2 is 1.48 bits per heavy atom. The smallest absolute Gasteiger partial charge is 0.306 e. The first-order valence-electron chi connectivity index (χ1n) is 16.0. The number of rotatable bonds is 8. The minimum absolute atomic E-state index is 0.184. The van der Waals surface area contributed by atoms with Gasteiger partial charge in [0, 0.05) is 73.3 Å². The second kappa shape index (κ2) is 13.5. The molecule has 46 heavy (non-hydrogen) atoms. The van der Waals surface area contributed by atoms with Gasteiger partial charge in [-0.2, -0.15) is 0 Å².